The van der Waals surface area contributed by atoms with Gasteiger partial charge in [-0.25, -0.2) is 0 Å². The monoisotopic (exact) mass is 170 g/mol. The van der Waals surface area contributed by atoms with Gasteiger partial charge in [0.15, 0.2) is 0 Å². The van der Waals surface area contributed by atoms with Crippen molar-refractivity contribution in [3.63, 3.8) is 0 Å². The van der Waals surface area contributed by atoms with E-state index in [-0.39, 0.29) is 11.9 Å². The first-order valence-corrected chi connectivity index (χ1v) is 4.48. The molecule has 1 heterocycles. The van der Waals surface area contributed by atoms with E-state index in [1.165, 1.54) is 0 Å². The highest BCUT2D eigenvalue weighted by molar-refractivity contribution is 5.82. The summed E-state index contributed by atoms with van der Waals surface area (Å²) in [5, 5.41) is 6.06. The van der Waals surface area contributed by atoms with Crippen LogP contribution in [-0.4, -0.2) is 37.7 Å². The van der Waals surface area contributed by atoms with Crippen molar-refractivity contribution in [2.75, 3.05) is 19.8 Å². The van der Waals surface area contributed by atoms with Crippen molar-refractivity contribution in [1.29, 1.82) is 0 Å². The van der Waals surface area contributed by atoms with Crippen LogP contribution in [0.4, 0.5) is 0 Å². The highest BCUT2D eigenvalue weighted by Crippen LogP contribution is 2.18. The number of amides is 1. The molecule has 1 amide bonds. The van der Waals surface area contributed by atoms with Gasteiger partial charge in [-0.15, -0.1) is 0 Å². The van der Waals surface area contributed by atoms with Gasteiger partial charge in [0.2, 0.25) is 5.91 Å². The van der Waals surface area contributed by atoms with Crippen molar-refractivity contribution in [3.05, 3.63) is 0 Å². The largest absolute Gasteiger partial charge is 0.378 e. The third kappa shape index (κ3) is 1.95. The van der Waals surface area contributed by atoms with E-state index in [4.69, 9.17) is 4.74 Å². The van der Waals surface area contributed by atoms with E-state index in [1.54, 1.807) is 0 Å². The standard InChI is InChI=1S/C8H14N2O2/c11-8(10-6-1-2-6)7-5-12-4-3-9-7/h6-7,9H,1-5H2,(H,10,11)/t7-/m1/s1. The molecule has 2 N–H and O–H groups in total. The molecule has 4 heteroatoms. The number of hydrogen-bond acceptors (Lipinski definition) is 3. The van der Waals surface area contributed by atoms with Gasteiger partial charge in [-0.3, -0.25) is 4.79 Å². The summed E-state index contributed by atoms with van der Waals surface area (Å²) in [7, 11) is 0. The van der Waals surface area contributed by atoms with Gasteiger partial charge >= 0.3 is 0 Å². The van der Waals surface area contributed by atoms with Crippen LogP contribution in [0.1, 0.15) is 12.8 Å². The van der Waals surface area contributed by atoms with Crippen LogP contribution in [0.25, 0.3) is 0 Å². The Hall–Kier alpha value is -0.610. The Morgan fingerprint density at radius 1 is 1.50 bits per heavy atom. The zero-order valence-corrected chi connectivity index (χ0v) is 7.01. The Kier molecular flexibility index (Phi) is 2.28. The second-order valence-corrected chi connectivity index (χ2v) is 3.36. The molecule has 68 valence electrons. The maximum Gasteiger partial charge on any atom is 0.239 e. The minimum atomic E-state index is -0.126. The Morgan fingerprint density at radius 2 is 2.33 bits per heavy atom. The van der Waals surface area contributed by atoms with Crippen molar-refractivity contribution < 1.29 is 9.53 Å². The van der Waals surface area contributed by atoms with E-state index >= 15 is 0 Å². The molecule has 1 saturated heterocycles. The molecule has 2 aliphatic rings. The van der Waals surface area contributed by atoms with Crippen LogP contribution in [0.2, 0.25) is 0 Å². The molecule has 2 rings (SSSR count). The summed E-state index contributed by atoms with van der Waals surface area (Å²) < 4.78 is 5.18. The third-order valence-electron chi connectivity index (χ3n) is 2.16. The average molecular weight is 170 g/mol. The van der Waals surface area contributed by atoms with E-state index in [1.807, 2.05) is 0 Å². The van der Waals surface area contributed by atoms with Crippen molar-refractivity contribution in [3.8, 4) is 0 Å². The molecular weight excluding hydrogens is 156 g/mol. The Balaban J connectivity index is 1.76. The van der Waals surface area contributed by atoms with Crippen LogP contribution in [0.15, 0.2) is 0 Å². The van der Waals surface area contributed by atoms with Crippen molar-refractivity contribution in [2.24, 2.45) is 0 Å². The van der Waals surface area contributed by atoms with E-state index in [0.717, 1.165) is 19.4 Å². The molecule has 12 heavy (non-hydrogen) atoms. The van der Waals surface area contributed by atoms with Crippen LogP contribution in [0.5, 0.6) is 0 Å². The molecule has 1 atom stereocenters. The molecule has 0 spiro atoms. The van der Waals surface area contributed by atoms with Gasteiger partial charge in [-0.2, -0.15) is 0 Å². The van der Waals surface area contributed by atoms with Gasteiger partial charge in [-0.05, 0) is 12.8 Å². The molecule has 4 nitrogen and oxygen atoms in total. The van der Waals surface area contributed by atoms with Crippen molar-refractivity contribution >= 4 is 5.91 Å². The second kappa shape index (κ2) is 3.41. The highest BCUT2D eigenvalue weighted by atomic mass is 16.5. The SMILES string of the molecule is O=C(NC1CC1)[C@H]1COCCN1. The fraction of sp³-hybridized carbons (Fsp3) is 0.875. The molecule has 0 aromatic carbocycles. The first kappa shape index (κ1) is 8.01. The quantitative estimate of drug-likeness (QED) is 0.573. The Morgan fingerprint density at radius 3 is 2.92 bits per heavy atom. The smallest absolute Gasteiger partial charge is 0.239 e. The van der Waals surface area contributed by atoms with Gasteiger partial charge in [0.1, 0.15) is 6.04 Å². The number of carbonyl (C=O) groups is 1. The summed E-state index contributed by atoms with van der Waals surface area (Å²) in [5.74, 6) is 0.0946. The average Bonchev–Trinajstić information content (AvgIpc) is 2.90. The summed E-state index contributed by atoms with van der Waals surface area (Å²) in [4.78, 5) is 11.4. The molecule has 1 aliphatic carbocycles. The number of rotatable bonds is 2. The molecule has 1 aliphatic heterocycles. The minimum absolute atomic E-state index is 0.0946. The van der Waals surface area contributed by atoms with Gasteiger partial charge in [-0.1, -0.05) is 0 Å². The molecule has 2 fully saturated rings. The van der Waals surface area contributed by atoms with E-state index in [0.29, 0.717) is 19.3 Å². The fourth-order valence-corrected chi connectivity index (χ4v) is 1.26. The zero-order chi connectivity index (χ0) is 8.39. The van der Waals surface area contributed by atoms with E-state index < -0.39 is 0 Å². The minimum Gasteiger partial charge on any atom is -0.378 e. The van der Waals surface area contributed by atoms with E-state index in [2.05, 4.69) is 10.6 Å². The molecule has 0 bridgehead atoms. The Labute approximate surface area is 71.7 Å². The van der Waals surface area contributed by atoms with Gasteiger partial charge < -0.3 is 15.4 Å². The molecule has 0 radical (unpaired) electrons. The summed E-state index contributed by atoms with van der Waals surface area (Å²) in [5.41, 5.74) is 0. The third-order valence-corrected chi connectivity index (χ3v) is 2.16. The number of nitrogens with one attached hydrogen (secondary N) is 2. The molecular formula is C8H14N2O2. The number of hydrogen-bond donors (Lipinski definition) is 2. The zero-order valence-electron chi connectivity index (χ0n) is 7.01. The molecule has 1 saturated carbocycles. The number of morpholine rings is 1. The lowest BCUT2D eigenvalue weighted by atomic mass is 10.2. The summed E-state index contributed by atoms with van der Waals surface area (Å²) in [6.45, 7) is 2.01. The second-order valence-electron chi connectivity index (χ2n) is 3.36. The number of ether oxygens (including phenoxy) is 1. The van der Waals surface area contributed by atoms with Crippen LogP contribution in [0.3, 0.4) is 0 Å². The van der Waals surface area contributed by atoms with Gasteiger partial charge in [0.25, 0.3) is 0 Å². The predicted molar refractivity (Wildman–Crippen MR) is 43.8 cm³/mol. The number of carbonyl (C=O) groups excluding carboxylic acids is 1. The van der Waals surface area contributed by atoms with Gasteiger partial charge in [0, 0.05) is 12.6 Å². The highest BCUT2D eigenvalue weighted by Gasteiger charge is 2.28. The molecule has 0 aromatic heterocycles. The Bertz CT molecular complexity index is 174. The maximum absolute atomic E-state index is 11.4. The maximum atomic E-state index is 11.4. The normalized spacial score (nSPS) is 29.8. The van der Waals surface area contributed by atoms with Crippen molar-refractivity contribution in [1.82, 2.24) is 10.6 Å². The van der Waals surface area contributed by atoms with Crippen LogP contribution >= 0.6 is 0 Å². The molecule has 0 unspecified atom stereocenters. The first-order valence-electron chi connectivity index (χ1n) is 4.48. The lowest BCUT2D eigenvalue weighted by molar-refractivity contribution is -0.126. The lowest BCUT2D eigenvalue weighted by Crippen LogP contribution is -2.51. The van der Waals surface area contributed by atoms with Crippen molar-refractivity contribution in [2.45, 2.75) is 24.9 Å². The fourth-order valence-electron chi connectivity index (χ4n) is 1.26. The van der Waals surface area contributed by atoms with Crippen LogP contribution in [-0.2, 0) is 9.53 Å². The molecule has 0 aromatic rings. The van der Waals surface area contributed by atoms with Gasteiger partial charge in [0.05, 0.1) is 13.2 Å². The van der Waals surface area contributed by atoms with E-state index in [9.17, 15) is 4.79 Å². The lowest BCUT2D eigenvalue weighted by Gasteiger charge is -2.22. The first-order chi connectivity index (χ1) is 5.86. The summed E-state index contributed by atoms with van der Waals surface area (Å²) in [6.07, 6.45) is 2.28. The summed E-state index contributed by atoms with van der Waals surface area (Å²) >= 11 is 0. The topological polar surface area (TPSA) is 50.4 Å². The summed E-state index contributed by atoms with van der Waals surface area (Å²) in [6, 6.07) is 0.320. The predicted octanol–water partition coefficient (Wildman–Crippen LogP) is -0.747. The van der Waals surface area contributed by atoms with Crippen LogP contribution < -0.4 is 10.6 Å². The van der Waals surface area contributed by atoms with Crippen LogP contribution in [0, 0.1) is 0 Å².